The van der Waals surface area contributed by atoms with Crippen molar-refractivity contribution >= 4 is 5.69 Å². The van der Waals surface area contributed by atoms with Gasteiger partial charge in [-0.3, -0.25) is 4.98 Å². The summed E-state index contributed by atoms with van der Waals surface area (Å²) < 4.78 is 14.2. The number of rotatable bonds is 5. The van der Waals surface area contributed by atoms with Crippen LogP contribution in [0.25, 0.3) is 0 Å². The van der Waals surface area contributed by atoms with E-state index >= 15 is 0 Å². The van der Waals surface area contributed by atoms with Gasteiger partial charge in [0.1, 0.15) is 5.82 Å². The second-order valence-corrected chi connectivity index (χ2v) is 4.72. The molecule has 0 radical (unpaired) electrons. The minimum absolute atomic E-state index is 0.306. The van der Waals surface area contributed by atoms with Gasteiger partial charge in [0.05, 0.1) is 11.8 Å². The third-order valence-electron chi connectivity index (χ3n) is 3.29. The van der Waals surface area contributed by atoms with Crippen molar-refractivity contribution in [1.82, 2.24) is 4.98 Å². The summed E-state index contributed by atoms with van der Waals surface area (Å²) in [5.74, 6) is -0.306. The third-order valence-corrected chi connectivity index (χ3v) is 3.29. The van der Waals surface area contributed by atoms with E-state index in [1.165, 1.54) is 6.07 Å². The molecule has 0 aliphatic carbocycles. The number of pyridine rings is 1. The minimum atomic E-state index is -0.702. The Kier molecular flexibility index (Phi) is 4.69. The third kappa shape index (κ3) is 3.14. The largest absolute Gasteiger partial charge is 0.389 e. The van der Waals surface area contributed by atoms with Crippen molar-refractivity contribution < 1.29 is 9.50 Å². The van der Waals surface area contributed by atoms with Gasteiger partial charge >= 0.3 is 0 Å². The average molecular weight is 274 g/mol. The van der Waals surface area contributed by atoms with Crippen LogP contribution in [-0.2, 0) is 6.54 Å². The number of halogens is 1. The number of aromatic nitrogens is 1. The van der Waals surface area contributed by atoms with Gasteiger partial charge in [-0.1, -0.05) is 12.1 Å². The van der Waals surface area contributed by atoms with Crippen LogP contribution in [0.2, 0.25) is 0 Å². The highest BCUT2D eigenvalue weighted by Gasteiger charge is 2.17. The van der Waals surface area contributed by atoms with Crippen LogP contribution in [-0.4, -0.2) is 16.6 Å². The molecule has 4 heteroatoms. The Morgan fingerprint density at radius 1 is 1.25 bits per heavy atom. The van der Waals surface area contributed by atoms with E-state index in [-0.39, 0.29) is 5.82 Å². The zero-order chi connectivity index (χ0) is 14.5. The van der Waals surface area contributed by atoms with Crippen molar-refractivity contribution in [2.75, 3.05) is 11.4 Å². The molecule has 0 aliphatic rings. The molecule has 0 spiro atoms. The van der Waals surface area contributed by atoms with E-state index in [0.717, 1.165) is 5.56 Å². The Morgan fingerprint density at radius 2 is 1.95 bits per heavy atom. The second kappa shape index (κ2) is 6.48. The van der Waals surface area contributed by atoms with Gasteiger partial charge < -0.3 is 10.0 Å². The number of anilines is 1. The summed E-state index contributed by atoms with van der Waals surface area (Å²) >= 11 is 0. The predicted octanol–water partition coefficient (Wildman–Crippen LogP) is 3.30. The van der Waals surface area contributed by atoms with Gasteiger partial charge in [0.2, 0.25) is 0 Å². The van der Waals surface area contributed by atoms with E-state index in [1.807, 2.05) is 24.0 Å². The maximum Gasteiger partial charge on any atom is 0.146 e. The van der Waals surface area contributed by atoms with E-state index in [0.29, 0.717) is 24.3 Å². The maximum atomic E-state index is 14.2. The average Bonchev–Trinajstić information content (AvgIpc) is 2.46. The first-order valence-electron chi connectivity index (χ1n) is 6.73. The first kappa shape index (κ1) is 14.5. The van der Waals surface area contributed by atoms with Crippen molar-refractivity contribution in [2.24, 2.45) is 0 Å². The first-order valence-corrected chi connectivity index (χ1v) is 6.73. The van der Waals surface area contributed by atoms with Gasteiger partial charge in [-0.15, -0.1) is 0 Å². The van der Waals surface area contributed by atoms with E-state index < -0.39 is 6.10 Å². The van der Waals surface area contributed by atoms with Crippen LogP contribution < -0.4 is 4.90 Å². The summed E-state index contributed by atoms with van der Waals surface area (Å²) in [6.45, 7) is 4.86. The minimum Gasteiger partial charge on any atom is -0.389 e. The molecular formula is C16H19FN2O. The predicted molar refractivity (Wildman–Crippen MR) is 78.0 cm³/mol. The molecule has 1 atom stereocenters. The zero-order valence-corrected chi connectivity index (χ0v) is 11.8. The summed E-state index contributed by atoms with van der Waals surface area (Å²) in [4.78, 5) is 5.91. The van der Waals surface area contributed by atoms with Crippen molar-refractivity contribution in [1.29, 1.82) is 0 Å². The number of benzene rings is 1. The number of hydrogen-bond donors (Lipinski definition) is 1. The molecule has 106 valence electrons. The molecule has 1 heterocycles. The fourth-order valence-electron chi connectivity index (χ4n) is 2.26. The summed E-state index contributed by atoms with van der Waals surface area (Å²) in [5.41, 5.74) is 2.14. The van der Waals surface area contributed by atoms with Gasteiger partial charge in [-0.25, -0.2) is 4.39 Å². The molecule has 3 nitrogen and oxygen atoms in total. The first-order chi connectivity index (χ1) is 9.63. The molecule has 1 aromatic carbocycles. The SMILES string of the molecule is CCN(Cc1ccncc1)c1c(F)cccc1[C@H](C)O. The Bertz CT molecular complexity index is 558. The van der Waals surface area contributed by atoms with Crippen LogP contribution in [0.1, 0.15) is 31.1 Å². The smallest absolute Gasteiger partial charge is 0.146 e. The lowest BCUT2D eigenvalue weighted by molar-refractivity contribution is 0.199. The summed E-state index contributed by atoms with van der Waals surface area (Å²) in [6.07, 6.45) is 2.74. The standard InChI is InChI=1S/C16H19FN2O/c1-3-19(11-13-7-9-18-10-8-13)16-14(12(2)20)5-4-6-15(16)17/h4-10,12,20H,3,11H2,1-2H3/t12-/m0/s1. The molecule has 0 bridgehead atoms. The van der Waals surface area contributed by atoms with Gasteiger partial charge in [0, 0.05) is 31.0 Å². The van der Waals surface area contributed by atoms with Crippen molar-refractivity contribution in [3.05, 3.63) is 59.7 Å². The number of nitrogens with zero attached hydrogens (tertiary/aromatic N) is 2. The van der Waals surface area contributed by atoms with E-state index in [4.69, 9.17) is 0 Å². The molecule has 2 rings (SSSR count). The fraction of sp³-hybridized carbons (Fsp3) is 0.312. The van der Waals surface area contributed by atoms with Crippen LogP contribution in [0.5, 0.6) is 0 Å². The Hall–Kier alpha value is -1.94. The highest BCUT2D eigenvalue weighted by molar-refractivity contribution is 5.56. The number of aliphatic hydroxyl groups excluding tert-OH is 1. The molecule has 0 aliphatic heterocycles. The van der Waals surface area contributed by atoms with Gasteiger partial charge in [-0.05, 0) is 37.6 Å². The van der Waals surface area contributed by atoms with Crippen molar-refractivity contribution in [3.63, 3.8) is 0 Å². The van der Waals surface area contributed by atoms with Crippen LogP contribution in [0, 0.1) is 5.82 Å². The maximum absolute atomic E-state index is 14.2. The van der Waals surface area contributed by atoms with E-state index in [9.17, 15) is 9.50 Å². The highest BCUT2D eigenvalue weighted by atomic mass is 19.1. The molecule has 0 fully saturated rings. The zero-order valence-electron chi connectivity index (χ0n) is 11.8. The Labute approximate surface area is 118 Å². The molecule has 1 N–H and O–H groups in total. The van der Waals surface area contributed by atoms with E-state index in [2.05, 4.69) is 4.98 Å². The van der Waals surface area contributed by atoms with Gasteiger partial charge in [0.15, 0.2) is 0 Å². The fourth-order valence-corrected chi connectivity index (χ4v) is 2.26. The molecule has 1 aromatic heterocycles. The number of aliphatic hydroxyl groups is 1. The van der Waals surface area contributed by atoms with E-state index in [1.54, 1.807) is 31.5 Å². The van der Waals surface area contributed by atoms with Crippen molar-refractivity contribution in [2.45, 2.75) is 26.5 Å². The highest BCUT2D eigenvalue weighted by Crippen LogP contribution is 2.30. The summed E-state index contributed by atoms with van der Waals surface area (Å²) in [5, 5.41) is 9.84. The Morgan fingerprint density at radius 3 is 2.55 bits per heavy atom. The van der Waals surface area contributed by atoms with Gasteiger partial charge in [-0.2, -0.15) is 0 Å². The molecule has 2 aromatic rings. The lowest BCUT2D eigenvalue weighted by atomic mass is 10.1. The molecule has 0 saturated carbocycles. The lowest BCUT2D eigenvalue weighted by Gasteiger charge is -2.27. The lowest BCUT2D eigenvalue weighted by Crippen LogP contribution is -2.25. The normalized spacial score (nSPS) is 12.2. The monoisotopic (exact) mass is 274 g/mol. The van der Waals surface area contributed by atoms with Crippen LogP contribution in [0.4, 0.5) is 10.1 Å². The quantitative estimate of drug-likeness (QED) is 0.908. The number of para-hydroxylation sites is 1. The molecule has 20 heavy (non-hydrogen) atoms. The summed E-state index contributed by atoms with van der Waals surface area (Å²) in [7, 11) is 0. The molecule has 0 unspecified atom stereocenters. The Balaban J connectivity index is 2.37. The topological polar surface area (TPSA) is 36.4 Å². The molecular weight excluding hydrogens is 255 g/mol. The number of hydrogen-bond acceptors (Lipinski definition) is 3. The van der Waals surface area contributed by atoms with Crippen LogP contribution in [0.3, 0.4) is 0 Å². The molecule has 0 amide bonds. The van der Waals surface area contributed by atoms with Crippen molar-refractivity contribution in [3.8, 4) is 0 Å². The summed E-state index contributed by atoms with van der Waals surface area (Å²) in [6, 6.07) is 8.63. The van der Waals surface area contributed by atoms with Crippen LogP contribution in [0.15, 0.2) is 42.7 Å². The van der Waals surface area contributed by atoms with Gasteiger partial charge in [0.25, 0.3) is 0 Å². The molecule has 0 saturated heterocycles. The second-order valence-electron chi connectivity index (χ2n) is 4.72. The van der Waals surface area contributed by atoms with Crippen LogP contribution >= 0.6 is 0 Å².